The summed E-state index contributed by atoms with van der Waals surface area (Å²) in [7, 11) is 0. The smallest absolute Gasteiger partial charge is 0.407 e. The topological polar surface area (TPSA) is 46.2 Å². The van der Waals surface area contributed by atoms with Crippen LogP contribution in [0, 0.1) is 11.6 Å². The number of nitrogens with two attached hydrogens (primary N) is 1. The largest absolute Gasteiger partial charge is 0.505 e. The van der Waals surface area contributed by atoms with Gasteiger partial charge in [0.05, 0.1) is 0 Å². The summed E-state index contributed by atoms with van der Waals surface area (Å²) in [6.07, 6.45) is -4.83. The van der Waals surface area contributed by atoms with Gasteiger partial charge < -0.3 is 10.8 Å². The normalized spacial score (nSPS) is 13.1. The Balaban J connectivity index is 0.00000225. The maximum atomic E-state index is 12.7. The molecule has 1 aromatic carbocycles. The van der Waals surface area contributed by atoms with Crippen molar-refractivity contribution in [3.05, 3.63) is 29.3 Å². The molecule has 1 rings (SSSR count). The molecule has 16 heavy (non-hydrogen) atoms. The van der Waals surface area contributed by atoms with E-state index in [1.165, 1.54) is 0 Å². The zero-order chi connectivity index (χ0) is 11.8. The average molecular weight is 264 g/mol. The van der Waals surface area contributed by atoms with Crippen LogP contribution in [0.1, 0.15) is 11.6 Å². The lowest BCUT2D eigenvalue weighted by atomic mass is 10.1. The van der Waals surface area contributed by atoms with Crippen LogP contribution < -0.4 is 5.73 Å². The minimum absolute atomic E-state index is 0. The highest BCUT2D eigenvalue weighted by atomic mass is 35.5. The number of aromatic hydroxyl groups is 1. The number of hydrogen-bond donors (Lipinski definition) is 2. The zero-order valence-corrected chi connectivity index (χ0v) is 8.37. The number of alkyl halides is 3. The Kier molecular flexibility index (Phi) is 4.51. The van der Waals surface area contributed by atoms with Gasteiger partial charge in [-0.3, -0.25) is 0 Å². The highest BCUT2D eigenvalue weighted by Gasteiger charge is 2.40. The fourth-order valence-corrected chi connectivity index (χ4v) is 0.982. The lowest BCUT2D eigenvalue weighted by Gasteiger charge is -2.17. The Labute approximate surface area is 93.3 Å². The maximum Gasteiger partial charge on any atom is 0.407 e. The van der Waals surface area contributed by atoms with E-state index in [4.69, 9.17) is 10.8 Å². The van der Waals surface area contributed by atoms with Crippen molar-refractivity contribution >= 4 is 12.4 Å². The van der Waals surface area contributed by atoms with E-state index in [1.54, 1.807) is 0 Å². The van der Waals surface area contributed by atoms with Gasteiger partial charge in [0.25, 0.3) is 0 Å². The third kappa shape index (κ3) is 2.73. The molecule has 1 aromatic rings. The van der Waals surface area contributed by atoms with Gasteiger partial charge in [-0.15, -0.1) is 12.4 Å². The molecule has 0 aliphatic heterocycles. The summed E-state index contributed by atoms with van der Waals surface area (Å²) < 4.78 is 61.4. The third-order valence-electron chi connectivity index (χ3n) is 1.79. The molecule has 0 aliphatic carbocycles. The highest BCUT2D eigenvalue weighted by molar-refractivity contribution is 5.85. The second kappa shape index (κ2) is 4.84. The summed E-state index contributed by atoms with van der Waals surface area (Å²) in [5.74, 6) is -4.60. The molecule has 0 bridgehead atoms. The summed E-state index contributed by atoms with van der Waals surface area (Å²) in [5.41, 5.74) is 3.82. The minimum Gasteiger partial charge on any atom is -0.505 e. The molecule has 0 saturated carbocycles. The number of phenols is 1. The van der Waals surface area contributed by atoms with Gasteiger partial charge in [0.2, 0.25) is 5.82 Å². The van der Waals surface area contributed by atoms with Crippen LogP contribution in [-0.4, -0.2) is 11.3 Å². The van der Waals surface area contributed by atoms with Gasteiger partial charge in [0.1, 0.15) is 6.04 Å². The van der Waals surface area contributed by atoms with Gasteiger partial charge in [0, 0.05) is 5.56 Å². The minimum atomic E-state index is -4.83. The van der Waals surface area contributed by atoms with Crippen LogP contribution in [0.2, 0.25) is 0 Å². The first-order valence-electron chi connectivity index (χ1n) is 3.74. The number of halogens is 6. The fraction of sp³-hybridized carbons (Fsp3) is 0.250. The monoisotopic (exact) mass is 263 g/mol. The molecule has 0 spiro atoms. The van der Waals surface area contributed by atoms with E-state index in [0.29, 0.717) is 12.1 Å². The van der Waals surface area contributed by atoms with Crippen molar-refractivity contribution in [2.24, 2.45) is 5.73 Å². The van der Waals surface area contributed by atoms with Crippen molar-refractivity contribution in [1.29, 1.82) is 0 Å². The Bertz CT molecular complexity index is 381. The Morgan fingerprint density at radius 2 is 1.69 bits per heavy atom. The molecule has 0 unspecified atom stereocenters. The summed E-state index contributed by atoms with van der Waals surface area (Å²) in [6.45, 7) is 0. The van der Waals surface area contributed by atoms with Gasteiger partial charge in [-0.1, -0.05) is 6.07 Å². The fourth-order valence-electron chi connectivity index (χ4n) is 0.982. The number of rotatable bonds is 1. The molecule has 0 amide bonds. The Hall–Kier alpha value is -1.08. The van der Waals surface area contributed by atoms with Gasteiger partial charge >= 0.3 is 6.18 Å². The molecule has 0 aliphatic rings. The molecule has 92 valence electrons. The average Bonchev–Trinajstić information content (AvgIpc) is 2.12. The zero-order valence-electron chi connectivity index (χ0n) is 7.55. The molecular weight excluding hydrogens is 257 g/mol. The van der Waals surface area contributed by atoms with E-state index in [0.717, 1.165) is 0 Å². The summed E-state index contributed by atoms with van der Waals surface area (Å²) in [5, 5.41) is 8.92. The summed E-state index contributed by atoms with van der Waals surface area (Å²) in [6, 6.07) is -1.49. The summed E-state index contributed by atoms with van der Waals surface area (Å²) in [4.78, 5) is 0. The van der Waals surface area contributed by atoms with Crippen molar-refractivity contribution in [1.82, 2.24) is 0 Å². The van der Waals surface area contributed by atoms with Crippen LogP contribution in [0.25, 0.3) is 0 Å². The van der Waals surface area contributed by atoms with E-state index in [-0.39, 0.29) is 12.4 Å². The van der Waals surface area contributed by atoms with E-state index >= 15 is 0 Å². The number of benzene rings is 1. The van der Waals surface area contributed by atoms with Crippen LogP contribution in [0.5, 0.6) is 5.75 Å². The molecule has 3 N–H and O–H groups in total. The second-order valence-corrected chi connectivity index (χ2v) is 2.82. The first-order valence-corrected chi connectivity index (χ1v) is 3.74. The van der Waals surface area contributed by atoms with E-state index < -0.39 is 35.2 Å². The first kappa shape index (κ1) is 14.9. The van der Waals surface area contributed by atoms with E-state index in [1.807, 2.05) is 0 Å². The molecule has 0 fully saturated rings. The lowest BCUT2D eigenvalue weighted by molar-refractivity contribution is -0.149. The van der Waals surface area contributed by atoms with Crippen LogP contribution in [-0.2, 0) is 0 Å². The summed E-state index contributed by atoms with van der Waals surface area (Å²) >= 11 is 0. The van der Waals surface area contributed by atoms with Gasteiger partial charge in [-0.2, -0.15) is 17.6 Å². The quantitative estimate of drug-likeness (QED) is 0.765. The van der Waals surface area contributed by atoms with Crippen molar-refractivity contribution in [2.75, 3.05) is 0 Å². The molecule has 0 aromatic heterocycles. The van der Waals surface area contributed by atoms with Crippen LogP contribution >= 0.6 is 12.4 Å². The Morgan fingerprint density at radius 3 is 2.12 bits per heavy atom. The molecular formula is C8H7ClF5NO. The predicted octanol–water partition coefficient (Wildman–Crippen LogP) is 2.65. The van der Waals surface area contributed by atoms with Crippen molar-refractivity contribution in [2.45, 2.75) is 12.2 Å². The third-order valence-corrected chi connectivity index (χ3v) is 1.79. The SMILES string of the molecule is Cl.N[C@@H](c1ccc(F)c(F)c1O)C(F)(F)F. The van der Waals surface area contributed by atoms with Crippen molar-refractivity contribution in [3.8, 4) is 5.75 Å². The molecule has 2 nitrogen and oxygen atoms in total. The van der Waals surface area contributed by atoms with E-state index in [2.05, 4.69) is 0 Å². The maximum absolute atomic E-state index is 12.7. The van der Waals surface area contributed by atoms with E-state index in [9.17, 15) is 22.0 Å². The van der Waals surface area contributed by atoms with Crippen LogP contribution in [0.4, 0.5) is 22.0 Å². The highest BCUT2D eigenvalue weighted by Crippen LogP contribution is 2.36. The number of hydrogen-bond acceptors (Lipinski definition) is 2. The van der Waals surface area contributed by atoms with Gasteiger partial charge in [0.15, 0.2) is 11.6 Å². The van der Waals surface area contributed by atoms with Crippen LogP contribution in [0.3, 0.4) is 0 Å². The van der Waals surface area contributed by atoms with Crippen molar-refractivity contribution < 1.29 is 27.1 Å². The second-order valence-electron chi connectivity index (χ2n) is 2.82. The molecule has 1 atom stereocenters. The first-order chi connectivity index (χ1) is 6.75. The molecule has 0 heterocycles. The number of phenolic OH excluding ortho intramolecular Hbond substituents is 1. The molecule has 0 radical (unpaired) electrons. The van der Waals surface area contributed by atoms with Crippen LogP contribution in [0.15, 0.2) is 12.1 Å². The predicted molar refractivity (Wildman–Crippen MR) is 48.3 cm³/mol. The lowest BCUT2D eigenvalue weighted by Crippen LogP contribution is -2.28. The van der Waals surface area contributed by atoms with Gasteiger partial charge in [-0.25, -0.2) is 4.39 Å². The molecule has 8 heteroatoms. The Morgan fingerprint density at radius 1 is 1.19 bits per heavy atom. The standard InChI is InChI=1S/C8H6F5NO.ClH/c9-4-2-1-3(6(15)5(4)10)7(14)8(11,12)13;/h1-2,7,15H,14H2;1H/t7-;/m0./s1. The van der Waals surface area contributed by atoms with Crippen molar-refractivity contribution in [3.63, 3.8) is 0 Å². The molecule has 0 saturated heterocycles. The van der Waals surface area contributed by atoms with Gasteiger partial charge in [-0.05, 0) is 6.07 Å².